The Kier molecular flexibility index (Phi) is 4.12. The van der Waals surface area contributed by atoms with E-state index in [1.807, 2.05) is 30.3 Å². The number of esters is 1. The average molecular weight is 314 g/mol. The topological polar surface area (TPSA) is 63.0 Å². The number of carbonyl (C=O) groups excluding carboxylic acids is 1. The van der Waals surface area contributed by atoms with Crippen molar-refractivity contribution in [1.29, 1.82) is 5.26 Å². The summed E-state index contributed by atoms with van der Waals surface area (Å²) < 4.78 is 6.45. The van der Waals surface area contributed by atoms with E-state index in [9.17, 15) is 4.79 Å². The maximum Gasteiger partial charge on any atom is 0.313 e. The lowest BCUT2D eigenvalue weighted by Crippen LogP contribution is -2.34. The zero-order valence-electron chi connectivity index (χ0n) is 12.5. The van der Waals surface area contributed by atoms with Crippen molar-refractivity contribution in [3.8, 4) is 6.07 Å². The van der Waals surface area contributed by atoms with Crippen molar-refractivity contribution in [2.45, 2.75) is 45.1 Å². The van der Waals surface area contributed by atoms with Crippen LogP contribution in [0.2, 0.25) is 0 Å². The van der Waals surface area contributed by atoms with E-state index < -0.39 is 11.5 Å². The fraction of sp³-hybridized carbons (Fsp3) is 0.471. The molecule has 5 heteroatoms. The number of benzene rings is 1. The predicted octanol–water partition coefficient (Wildman–Crippen LogP) is 3.85. The van der Waals surface area contributed by atoms with Crippen LogP contribution < -0.4 is 0 Å². The second-order valence-corrected chi connectivity index (χ2v) is 7.03. The molecule has 0 N–H and O–H groups in total. The van der Waals surface area contributed by atoms with E-state index in [2.05, 4.69) is 4.98 Å². The van der Waals surface area contributed by atoms with Crippen LogP contribution in [0.25, 0.3) is 10.2 Å². The monoisotopic (exact) mass is 314 g/mol. The highest BCUT2D eigenvalue weighted by Crippen LogP contribution is 2.43. The minimum Gasteiger partial charge on any atom is -0.447 e. The third-order valence-corrected chi connectivity index (χ3v) is 5.32. The number of hydrogen-bond acceptors (Lipinski definition) is 5. The summed E-state index contributed by atoms with van der Waals surface area (Å²) in [5.74, 6) is -0.238. The van der Waals surface area contributed by atoms with E-state index in [0.717, 1.165) is 40.9 Å². The number of nitrogens with zero attached hydrogens (tertiary/aromatic N) is 2. The predicted molar refractivity (Wildman–Crippen MR) is 85.4 cm³/mol. The molecule has 22 heavy (non-hydrogen) atoms. The second kappa shape index (κ2) is 6.05. The number of fused-ring (bicyclic) bond motifs is 1. The summed E-state index contributed by atoms with van der Waals surface area (Å²) >= 11 is 1.64. The molecule has 1 fully saturated rings. The molecule has 1 aliphatic carbocycles. The van der Waals surface area contributed by atoms with Crippen LogP contribution >= 0.6 is 11.3 Å². The van der Waals surface area contributed by atoms with Crippen LogP contribution in [0.5, 0.6) is 0 Å². The molecular weight excluding hydrogens is 296 g/mol. The zero-order chi connectivity index (χ0) is 15.6. The number of nitriles is 1. The van der Waals surface area contributed by atoms with Gasteiger partial charge in [-0.05, 0) is 31.9 Å². The molecule has 0 bridgehead atoms. The van der Waals surface area contributed by atoms with Crippen LogP contribution in [0.4, 0.5) is 0 Å². The smallest absolute Gasteiger partial charge is 0.313 e. The van der Waals surface area contributed by atoms with Crippen molar-refractivity contribution in [1.82, 2.24) is 4.98 Å². The molecule has 0 amide bonds. The van der Waals surface area contributed by atoms with Gasteiger partial charge in [0.05, 0.1) is 20.6 Å². The second-order valence-electron chi connectivity index (χ2n) is 5.92. The summed E-state index contributed by atoms with van der Waals surface area (Å²) in [7, 11) is 0. The first-order valence-electron chi connectivity index (χ1n) is 7.58. The van der Waals surface area contributed by atoms with Gasteiger partial charge in [-0.2, -0.15) is 5.26 Å². The van der Waals surface area contributed by atoms with Gasteiger partial charge in [-0.1, -0.05) is 25.0 Å². The summed E-state index contributed by atoms with van der Waals surface area (Å²) in [5, 5.41) is 9.83. The van der Waals surface area contributed by atoms with Crippen molar-refractivity contribution in [3.05, 3.63) is 29.3 Å². The molecule has 1 heterocycles. The molecule has 1 aromatic carbocycles. The minimum atomic E-state index is -0.694. The molecule has 4 nitrogen and oxygen atoms in total. The number of hydrogen-bond donors (Lipinski definition) is 0. The highest BCUT2D eigenvalue weighted by atomic mass is 32.1. The average Bonchev–Trinajstić information content (AvgIpc) is 3.14. The zero-order valence-corrected chi connectivity index (χ0v) is 13.4. The van der Waals surface area contributed by atoms with Crippen LogP contribution in [0.15, 0.2) is 24.3 Å². The first-order valence-corrected chi connectivity index (χ1v) is 8.40. The van der Waals surface area contributed by atoms with E-state index in [-0.39, 0.29) is 5.97 Å². The normalized spacial score (nSPS) is 18.0. The molecule has 1 unspecified atom stereocenters. The molecule has 2 aromatic rings. The lowest BCUT2D eigenvalue weighted by molar-refractivity contribution is -0.158. The van der Waals surface area contributed by atoms with Crippen LogP contribution in [0.3, 0.4) is 0 Å². The summed E-state index contributed by atoms with van der Waals surface area (Å²) in [4.78, 5) is 17.2. The van der Waals surface area contributed by atoms with Gasteiger partial charge in [0.15, 0.2) is 6.10 Å². The molecule has 114 valence electrons. The third kappa shape index (κ3) is 2.84. The molecule has 0 saturated heterocycles. The van der Waals surface area contributed by atoms with Gasteiger partial charge in [0, 0.05) is 6.42 Å². The minimum absolute atomic E-state index is 0.238. The first-order chi connectivity index (χ1) is 10.6. The van der Waals surface area contributed by atoms with Gasteiger partial charge in [0.2, 0.25) is 0 Å². The quantitative estimate of drug-likeness (QED) is 0.804. The number of thiazole rings is 1. The van der Waals surface area contributed by atoms with Crippen LogP contribution in [0.1, 0.15) is 37.6 Å². The van der Waals surface area contributed by atoms with E-state index in [4.69, 9.17) is 10.00 Å². The van der Waals surface area contributed by atoms with Crippen LogP contribution in [-0.2, 0) is 16.0 Å². The number of para-hydroxylation sites is 1. The van der Waals surface area contributed by atoms with Gasteiger partial charge in [-0.3, -0.25) is 4.79 Å². The third-order valence-electron chi connectivity index (χ3n) is 4.29. The van der Waals surface area contributed by atoms with Gasteiger partial charge in [-0.25, -0.2) is 4.98 Å². The Labute approximate surface area is 133 Å². The van der Waals surface area contributed by atoms with Crippen LogP contribution in [-0.4, -0.2) is 17.1 Å². The summed E-state index contributed by atoms with van der Waals surface area (Å²) in [6.45, 7) is 1.61. The van der Waals surface area contributed by atoms with Crippen molar-refractivity contribution < 1.29 is 9.53 Å². The number of aromatic nitrogens is 1. The van der Waals surface area contributed by atoms with E-state index in [1.165, 1.54) is 0 Å². The molecule has 1 atom stereocenters. The lowest BCUT2D eigenvalue weighted by Gasteiger charge is -2.26. The summed E-state index contributed by atoms with van der Waals surface area (Å²) in [5.41, 5.74) is 0.480. The Morgan fingerprint density at radius 1 is 1.45 bits per heavy atom. The van der Waals surface area contributed by atoms with E-state index in [0.29, 0.717) is 6.42 Å². The first kappa shape index (κ1) is 15.0. The van der Waals surface area contributed by atoms with E-state index in [1.54, 1.807) is 18.3 Å². The van der Waals surface area contributed by atoms with Crippen molar-refractivity contribution in [2.24, 2.45) is 5.41 Å². The van der Waals surface area contributed by atoms with Crippen molar-refractivity contribution >= 4 is 27.5 Å². The van der Waals surface area contributed by atoms with Gasteiger partial charge in [0.25, 0.3) is 0 Å². The maximum absolute atomic E-state index is 12.6. The molecule has 0 spiro atoms. The Hall–Kier alpha value is -1.93. The van der Waals surface area contributed by atoms with Gasteiger partial charge in [0.1, 0.15) is 6.07 Å². The highest BCUT2D eigenvalue weighted by molar-refractivity contribution is 7.18. The van der Waals surface area contributed by atoms with Gasteiger partial charge < -0.3 is 4.74 Å². The Bertz CT molecular complexity index is 693. The standard InChI is InChI=1S/C17H18N2O2S/c1-12(11-18)21-16(20)17(8-4-5-9-17)10-15-19-13-6-2-3-7-14(13)22-15/h2-3,6-7,12H,4-5,8-10H2,1H3. The Balaban J connectivity index is 1.85. The lowest BCUT2D eigenvalue weighted by atomic mass is 9.83. The largest absolute Gasteiger partial charge is 0.447 e. The summed E-state index contributed by atoms with van der Waals surface area (Å²) in [6, 6.07) is 9.98. The molecule has 1 aliphatic rings. The number of carbonyl (C=O) groups is 1. The fourth-order valence-electron chi connectivity index (χ4n) is 3.10. The molecule has 3 rings (SSSR count). The van der Waals surface area contributed by atoms with Crippen molar-refractivity contribution in [3.63, 3.8) is 0 Å². The van der Waals surface area contributed by atoms with Gasteiger partial charge in [-0.15, -0.1) is 11.3 Å². The molecular formula is C17H18N2O2S. The highest BCUT2D eigenvalue weighted by Gasteiger charge is 2.44. The number of ether oxygens (including phenoxy) is 1. The fourth-order valence-corrected chi connectivity index (χ4v) is 4.21. The van der Waals surface area contributed by atoms with Crippen molar-refractivity contribution in [2.75, 3.05) is 0 Å². The Morgan fingerprint density at radius 2 is 2.18 bits per heavy atom. The molecule has 1 aromatic heterocycles. The van der Waals surface area contributed by atoms with E-state index >= 15 is 0 Å². The van der Waals surface area contributed by atoms with Crippen LogP contribution in [0, 0.1) is 16.7 Å². The molecule has 1 saturated carbocycles. The molecule has 0 aliphatic heterocycles. The SMILES string of the molecule is CC(C#N)OC(=O)C1(Cc2nc3ccccc3s2)CCCC1. The summed E-state index contributed by atoms with van der Waals surface area (Å²) in [6.07, 6.45) is 3.62. The number of rotatable bonds is 4. The Morgan fingerprint density at radius 3 is 2.86 bits per heavy atom. The molecule has 0 radical (unpaired) electrons. The maximum atomic E-state index is 12.6. The van der Waals surface area contributed by atoms with Gasteiger partial charge >= 0.3 is 5.97 Å².